The van der Waals surface area contributed by atoms with Gasteiger partial charge in [0.15, 0.2) is 0 Å². The first kappa shape index (κ1) is 16.7. The Morgan fingerprint density at radius 1 is 1.09 bits per heavy atom. The molecule has 0 aromatic heterocycles. The van der Waals surface area contributed by atoms with Gasteiger partial charge in [0, 0.05) is 31.6 Å². The SMILES string of the molecule is CC(C)N(CCN1C(=O)CC(c2ccccc2)C1=O)C(C)C. The number of likely N-dealkylation sites (tertiary alicyclic amines) is 1. The standard InChI is InChI=1S/C18H26N2O2/c1-13(2)19(14(3)4)10-11-20-17(21)12-16(18(20)22)15-8-6-5-7-9-15/h5-9,13-14,16H,10-12H2,1-4H3. The molecule has 4 heteroatoms. The molecule has 0 saturated carbocycles. The summed E-state index contributed by atoms with van der Waals surface area (Å²) < 4.78 is 0. The van der Waals surface area contributed by atoms with Crippen molar-refractivity contribution in [2.75, 3.05) is 13.1 Å². The van der Waals surface area contributed by atoms with Crippen molar-refractivity contribution < 1.29 is 9.59 Å². The van der Waals surface area contributed by atoms with Gasteiger partial charge in [0.2, 0.25) is 11.8 Å². The molecule has 120 valence electrons. The van der Waals surface area contributed by atoms with Gasteiger partial charge in [-0.25, -0.2) is 0 Å². The highest BCUT2D eigenvalue weighted by molar-refractivity contribution is 6.06. The van der Waals surface area contributed by atoms with Gasteiger partial charge < -0.3 is 0 Å². The maximum absolute atomic E-state index is 12.6. The number of nitrogens with zero attached hydrogens (tertiary/aromatic N) is 2. The summed E-state index contributed by atoms with van der Waals surface area (Å²) in [6, 6.07) is 10.4. The van der Waals surface area contributed by atoms with Crippen LogP contribution in [0.15, 0.2) is 30.3 Å². The Bertz CT molecular complexity index is 517. The number of carbonyl (C=O) groups is 2. The van der Waals surface area contributed by atoms with E-state index in [9.17, 15) is 9.59 Å². The summed E-state index contributed by atoms with van der Waals surface area (Å²) in [5.41, 5.74) is 0.938. The van der Waals surface area contributed by atoms with Crippen LogP contribution in [0.25, 0.3) is 0 Å². The van der Waals surface area contributed by atoms with Gasteiger partial charge in [0.25, 0.3) is 0 Å². The first-order valence-electron chi connectivity index (χ1n) is 8.06. The highest BCUT2D eigenvalue weighted by Gasteiger charge is 2.39. The van der Waals surface area contributed by atoms with Gasteiger partial charge in [-0.2, -0.15) is 0 Å². The largest absolute Gasteiger partial charge is 0.297 e. The average molecular weight is 302 g/mol. The van der Waals surface area contributed by atoms with Gasteiger partial charge in [-0.15, -0.1) is 0 Å². The van der Waals surface area contributed by atoms with Crippen molar-refractivity contribution in [1.29, 1.82) is 0 Å². The van der Waals surface area contributed by atoms with E-state index >= 15 is 0 Å². The van der Waals surface area contributed by atoms with Crippen LogP contribution in [0.4, 0.5) is 0 Å². The van der Waals surface area contributed by atoms with Crippen LogP contribution in [0.3, 0.4) is 0 Å². The van der Waals surface area contributed by atoms with Crippen molar-refractivity contribution in [3.8, 4) is 0 Å². The molecule has 4 nitrogen and oxygen atoms in total. The molecule has 0 radical (unpaired) electrons. The molecule has 1 fully saturated rings. The Morgan fingerprint density at radius 2 is 1.68 bits per heavy atom. The van der Waals surface area contributed by atoms with Gasteiger partial charge in [-0.3, -0.25) is 19.4 Å². The van der Waals surface area contributed by atoms with Crippen LogP contribution in [-0.2, 0) is 9.59 Å². The van der Waals surface area contributed by atoms with E-state index in [2.05, 4.69) is 32.6 Å². The van der Waals surface area contributed by atoms with E-state index in [1.165, 1.54) is 4.90 Å². The molecule has 1 aliphatic heterocycles. The lowest BCUT2D eigenvalue weighted by atomic mass is 9.98. The van der Waals surface area contributed by atoms with Crippen molar-refractivity contribution in [2.24, 2.45) is 0 Å². The number of benzene rings is 1. The molecule has 2 rings (SSSR count). The molecule has 0 N–H and O–H groups in total. The van der Waals surface area contributed by atoms with Crippen molar-refractivity contribution in [2.45, 2.75) is 52.1 Å². The van der Waals surface area contributed by atoms with E-state index in [1.807, 2.05) is 30.3 Å². The average Bonchev–Trinajstić information content (AvgIpc) is 2.75. The molecule has 1 aromatic rings. The lowest BCUT2D eigenvalue weighted by molar-refractivity contribution is -0.139. The summed E-state index contributed by atoms with van der Waals surface area (Å²) in [7, 11) is 0. The molecule has 22 heavy (non-hydrogen) atoms. The fourth-order valence-electron chi connectivity index (χ4n) is 3.19. The molecule has 1 aromatic carbocycles. The second-order valence-corrected chi connectivity index (χ2v) is 6.48. The summed E-state index contributed by atoms with van der Waals surface area (Å²) >= 11 is 0. The summed E-state index contributed by atoms with van der Waals surface area (Å²) in [6.07, 6.45) is 0.298. The molecule has 0 aliphatic carbocycles. The quantitative estimate of drug-likeness (QED) is 0.759. The van der Waals surface area contributed by atoms with Crippen LogP contribution in [0.2, 0.25) is 0 Å². The first-order chi connectivity index (χ1) is 10.4. The fraction of sp³-hybridized carbons (Fsp3) is 0.556. The minimum Gasteiger partial charge on any atom is -0.297 e. The van der Waals surface area contributed by atoms with E-state index in [0.717, 1.165) is 12.1 Å². The number of carbonyl (C=O) groups excluding carboxylic acids is 2. The summed E-state index contributed by atoms with van der Waals surface area (Å²) in [6.45, 7) is 9.77. The van der Waals surface area contributed by atoms with Gasteiger partial charge >= 0.3 is 0 Å². The number of rotatable bonds is 6. The summed E-state index contributed by atoms with van der Waals surface area (Å²) in [5.74, 6) is -0.407. The van der Waals surface area contributed by atoms with Crippen LogP contribution in [0.5, 0.6) is 0 Å². The smallest absolute Gasteiger partial charge is 0.237 e. The van der Waals surface area contributed by atoms with Gasteiger partial charge in [-0.05, 0) is 33.3 Å². The predicted molar refractivity (Wildman–Crippen MR) is 87.5 cm³/mol. The Morgan fingerprint density at radius 3 is 2.23 bits per heavy atom. The predicted octanol–water partition coefficient (Wildman–Crippen LogP) is 2.65. The van der Waals surface area contributed by atoms with E-state index in [4.69, 9.17) is 0 Å². The Kier molecular flexibility index (Phi) is 5.35. The van der Waals surface area contributed by atoms with Crippen molar-refractivity contribution in [3.05, 3.63) is 35.9 Å². The maximum Gasteiger partial charge on any atom is 0.237 e. The Labute approximate surface area is 133 Å². The van der Waals surface area contributed by atoms with Crippen LogP contribution in [0, 0.1) is 0 Å². The molecule has 1 unspecified atom stereocenters. The number of amides is 2. The zero-order valence-corrected chi connectivity index (χ0v) is 14.0. The zero-order chi connectivity index (χ0) is 16.3. The van der Waals surface area contributed by atoms with E-state index < -0.39 is 0 Å². The molecule has 1 saturated heterocycles. The normalized spacial score (nSPS) is 19.0. The van der Waals surface area contributed by atoms with Gasteiger partial charge in [0.1, 0.15) is 0 Å². The van der Waals surface area contributed by atoms with Crippen LogP contribution >= 0.6 is 0 Å². The lowest BCUT2D eigenvalue weighted by Gasteiger charge is -2.31. The molecule has 0 spiro atoms. The van der Waals surface area contributed by atoms with Crippen molar-refractivity contribution in [1.82, 2.24) is 9.80 Å². The molecule has 2 amide bonds. The third-order valence-electron chi connectivity index (χ3n) is 4.35. The minimum absolute atomic E-state index is 0.0497. The van der Waals surface area contributed by atoms with Gasteiger partial charge in [-0.1, -0.05) is 30.3 Å². The lowest BCUT2D eigenvalue weighted by Crippen LogP contribution is -2.44. The van der Waals surface area contributed by atoms with E-state index in [-0.39, 0.29) is 17.7 Å². The summed E-state index contributed by atoms with van der Waals surface area (Å²) in [4.78, 5) is 28.5. The zero-order valence-electron chi connectivity index (χ0n) is 14.0. The first-order valence-corrected chi connectivity index (χ1v) is 8.06. The third-order valence-corrected chi connectivity index (χ3v) is 4.35. The maximum atomic E-state index is 12.6. The second kappa shape index (κ2) is 7.05. The monoisotopic (exact) mass is 302 g/mol. The van der Waals surface area contributed by atoms with Crippen LogP contribution in [0.1, 0.15) is 45.6 Å². The van der Waals surface area contributed by atoms with Crippen LogP contribution < -0.4 is 0 Å². The molecule has 1 heterocycles. The van der Waals surface area contributed by atoms with Crippen LogP contribution in [-0.4, -0.2) is 46.8 Å². The Hall–Kier alpha value is -1.68. The van der Waals surface area contributed by atoms with Crippen molar-refractivity contribution >= 4 is 11.8 Å². The highest BCUT2D eigenvalue weighted by Crippen LogP contribution is 2.29. The third kappa shape index (κ3) is 3.55. The van der Waals surface area contributed by atoms with Crippen molar-refractivity contribution in [3.63, 3.8) is 0 Å². The highest BCUT2D eigenvalue weighted by atomic mass is 16.2. The Balaban J connectivity index is 2.04. The van der Waals surface area contributed by atoms with E-state index in [1.54, 1.807) is 0 Å². The molecule has 1 atom stereocenters. The summed E-state index contributed by atoms with van der Waals surface area (Å²) in [5, 5.41) is 0. The number of imide groups is 1. The molecule has 1 aliphatic rings. The molecule has 0 bridgehead atoms. The number of hydrogen-bond donors (Lipinski definition) is 0. The molecular formula is C18H26N2O2. The molecular weight excluding hydrogens is 276 g/mol. The minimum atomic E-state index is -0.305. The fourth-order valence-corrected chi connectivity index (χ4v) is 3.19. The van der Waals surface area contributed by atoms with E-state index in [0.29, 0.717) is 25.0 Å². The van der Waals surface area contributed by atoms with Gasteiger partial charge in [0.05, 0.1) is 5.92 Å². The number of hydrogen-bond acceptors (Lipinski definition) is 3. The second-order valence-electron chi connectivity index (χ2n) is 6.48. The topological polar surface area (TPSA) is 40.6 Å².